The lowest BCUT2D eigenvalue weighted by atomic mass is 10.0. The van der Waals surface area contributed by atoms with Crippen molar-refractivity contribution in [2.45, 2.75) is 56.6 Å². The van der Waals surface area contributed by atoms with E-state index in [1.807, 2.05) is 26.0 Å². The highest BCUT2D eigenvalue weighted by atomic mass is 32.2. The first-order valence-electron chi connectivity index (χ1n) is 13.1. The summed E-state index contributed by atoms with van der Waals surface area (Å²) in [6.45, 7) is 4.39. The summed E-state index contributed by atoms with van der Waals surface area (Å²) in [6, 6.07) is 7.20. The molecule has 0 spiro atoms. The molecule has 0 aromatic heterocycles. The summed E-state index contributed by atoms with van der Waals surface area (Å²) in [4.78, 5) is 0.108. The van der Waals surface area contributed by atoms with Crippen molar-refractivity contribution >= 4 is 9.84 Å². The minimum Gasteiger partial charge on any atom is -0.493 e. The summed E-state index contributed by atoms with van der Waals surface area (Å²) in [5.41, 5.74) is 7.04. The van der Waals surface area contributed by atoms with Gasteiger partial charge in [-0.3, -0.25) is 0 Å². The van der Waals surface area contributed by atoms with Gasteiger partial charge < -0.3 is 34.2 Å². The first-order chi connectivity index (χ1) is 18.8. The van der Waals surface area contributed by atoms with Crippen LogP contribution in [0.1, 0.15) is 62.9 Å². The molecule has 2 atom stereocenters. The van der Waals surface area contributed by atoms with Gasteiger partial charge in [-0.15, -0.1) is 0 Å². The maximum atomic E-state index is 13.3. The summed E-state index contributed by atoms with van der Waals surface area (Å²) in [5.74, 6) is 7.70. The zero-order chi connectivity index (χ0) is 28.4. The summed E-state index contributed by atoms with van der Waals surface area (Å²) in [7, 11) is 1.06. The largest absolute Gasteiger partial charge is 0.493 e. The smallest absolute Gasteiger partial charge is 0.203 e. The van der Waals surface area contributed by atoms with Crippen LogP contribution < -0.4 is 29.4 Å². The van der Waals surface area contributed by atoms with Crippen LogP contribution in [0.25, 0.3) is 0 Å². The van der Waals surface area contributed by atoms with E-state index in [1.165, 1.54) is 0 Å². The Morgan fingerprint density at radius 3 is 2.00 bits per heavy atom. The molecule has 0 bridgehead atoms. The Labute approximate surface area is 231 Å². The highest BCUT2D eigenvalue weighted by Crippen LogP contribution is 2.48. The van der Waals surface area contributed by atoms with Gasteiger partial charge in [-0.2, -0.15) is 0 Å². The predicted octanol–water partition coefficient (Wildman–Crippen LogP) is 4.62. The van der Waals surface area contributed by atoms with Crippen LogP contribution in [0, 0.1) is 11.8 Å². The average molecular weight is 562 g/mol. The van der Waals surface area contributed by atoms with E-state index in [0.29, 0.717) is 60.9 Å². The van der Waals surface area contributed by atoms with Crippen LogP contribution in [0.2, 0.25) is 0 Å². The molecule has 1 aliphatic heterocycles. The molecule has 214 valence electrons. The SMILES string of the molecule is CCCOc1c(OCC#CCN)cc(C2CCC(c3cc(OC)c(OC)c(OC)c3)O2)cc1S(=O)(=O)CCC. The quantitative estimate of drug-likeness (QED) is 0.350. The van der Waals surface area contributed by atoms with Crippen molar-refractivity contribution in [1.29, 1.82) is 0 Å². The third-order valence-electron chi connectivity index (χ3n) is 6.28. The highest BCUT2D eigenvalue weighted by molar-refractivity contribution is 7.91. The Bertz CT molecular complexity index is 1260. The second-order valence-electron chi connectivity index (χ2n) is 9.01. The van der Waals surface area contributed by atoms with Crippen LogP contribution in [-0.4, -0.2) is 55.3 Å². The number of methoxy groups -OCH3 is 3. The Balaban J connectivity index is 2.02. The molecular weight excluding hydrogens is 522 g/mol. The van der Waals surface area contributed by atoms with E-state index < -0.39 is 9.84 Å². The van der Waals surface area contributed by atoms with E-state index in [1.54, 1.807) is 33.5 Å². The first-order valence-corrected chi connectivity index (χ1v) is 14.8. The predicted molar refractivity (Wildman–Crippen MR) is 149 cm³/mol. The molecule has 0 amide bonds. The molecule has 0 radical (unpaired) electrons. The van der Waals surface area contributed by atoms with Crippen LogP contribution >= 0.6 is 0 Å². The van der Waals surface area contributed by atoms with E-state index in [2.05, 4.69) is 11.8 Å². The van der Waals surface area contributed by atoms with Crippen LogP contribution in [0.5, 0.6) is 28.7 Å². The maximum Gasteiger partial charge on any atom is 0.203 e. The van der Waals surface area contributed by atoms with Crippen LogP contribution in [0.3, 0.4) is 0 Å². The Kier molecular flexibility index (Phi) is 11.2. The monoisotopic (exact) mass is 561 g/mol. The zero-order valence-corrected chi connectivity index (χ0v) is 24.2. The zero-order valence-electron chi connectivity index (χ0n) is 23.4. The first kappa shape index (κ1) is 30.4. The van der Waals surface area contributed by atoms with Gasteiger partial charge in [0.25, 0.3) is 0 Å². The van der Waals surface area contributed by atoms with E-state index in [-0.39, 0.29) is 41.8 Å². The van der Waals surface area contributed by atoms with Gasteiger partial charge in [-0.25, -0.2) is 8.42 Å². The molecule has 39 heavy (non-hydrogen) atoms. The van der Waals surface area contributed by atoms with Crippen LogP contribution in [0.15, 0.2) is 29.2 Å². The van der Waals surface area contributed by atoms with Gasteiger partial charge in [-0.05, 0) is 61.1 Å². The van der Waals surface area contributed by atoms with Gasteiger partial charge in [0.1, 0.15) is 11.5 Å². The summed E-state index contributed by atoms with van der Waals surface area (Å²) in [5, 5.41) is 0. The van der Waals surface area contributed by atoms with Crippen molar-refractivity contribution in [1.82, 2.24) is 0 Å². The summed E-state index contributed by atoms with van der Waals surface area (Å²) in [6.07, 6.45) is 1.96. The Hall–Kier alpha value is -3.13. The van der Waals surface area contributed by atoms with Gasteiger partial charge in [0.2, 0.25) is 5.75 Å². The standard InChI is InChI=1S/C29H39NO8S/c1-6-13-37-29-26(36-14-9-8-12-30)18-21(19-27(29)39(31,32)15-7-2)23-11-10-22(38-23)20-16-24(33-3)28(35-5)25(17-20)34-4/h16-19,22-23H,6-7,10-15,30H2,1-5H3. The molecule has 2 N–H and O–H groups in total. The summed E-state index contributed by atoms with van der Waals surface area (Å²) < 4.78 is 61.5. The van der Waals surface area contributed by atoms with Gasteiger partial charge in [0.15, 0.2) is 32.8 Å². The van der Waals surface area contributed by atoms with Crippen molar-refractivity contribution in [3.8, 4) is 40.6 Å². The molecule has 2 unspecified atom stereocenters. The molecule has 3 rings (SSSR count). The van der Waals surface area contributed by atoms with Crippen molar-refractivity contribution in [2.24, 2.45) is 5.73 Å². The normalized spacial score (nSPS) is 16.8. The molecule has 1 aliphatic rings. The third-order valence-corrected chi connectivity index (χ3v) is 8.20. The van der Waals surface area contributed by atoms with Crippen LogP contribution in [-0.2, 0) is 14.6 Å². The fourth-order valence-electron chi connectivity index (χ4n) is 4.50. The van der Waals surface area contributed by atoms with Crippen molar-refractivity contribution in [3.05, 3.63) is 35.4 Å². The summed E-state index contributed by atoms with van der Waals surface area (Å²) >= 11 is 0. The lowest BCUT2D eigenvalue weighted by molar-refractivity contribution is 0.0435. The van der Waals surface area contributed by atoms with E-state index in [0.717, 1.165) is 5.56 Å². The second-order valence-corrected chi connectivity index (χ2v) is 11.1. The fraction of sp³-hybridized carbons (Fsp3) is 0.517. The molecule has 0 aliphatic carbocycles. The van der Waals surface area contributed by atoms with Gasteiger partial charge in [0, 0.05) is 0 Å². The topological polar surface area (TPSA) is 116 Å². The van der Waals surface area contributed by atoms with Gasteiger partial charge in [0.05, 0.1) is 52.4 Å². The van der Waals surface area contributed by atoms with Gasteiger partial charge >= 0.3 is 0 Å². The number of hydrogen-bond acceptors (Lipinski definition) is 9. The van der Waals surface area contributed by atoms with Gasteiger partial charge in [-0.1, -0.05) is 25.7 Å². The fourth-order valence-corrected chi connectivity index (χ4v) is 6.01. The maximum absolute atomic E-state index is 13.3. The van der Waals surface area contributed by atoms with Crippen LogP contribution in [0.4, 0.5) is 0 Å². The minimum atomic E-state index is -3.64. The molecule has 2 aromatic rings. The molecule has 1 saturated heterocycles. The van der Waals surface area contributed by atoms with E-state index in [4.69, 9.17) is 34.2 Å². The molecular formula is C29H39NO8S. The Morgan fingerprint density at radius 1 is 0.846 bits per heavy atom. The lowest BCUT2D eigenvalue weighted by Crippen LogP contribution is -2.12. The lowest BCUT2D eigenvalue weighted by Gasteiger charge is -2.21. The number of sulfone groups is 1. The van der Waals surface area contributed by atoms with Crippen molar-refractivity contribution < 1.29 is 36.8 Å². The molecule has 1 fully saturated rings. The molecule has 1 heterocycles. The number of ether oxygens (including phenoxy) is 6. The minimum absolute atomic E-state index is 0.00898. The van der Waals surface area contributed by atoms with E-state index >= 15 is 0 Å². The van der Waals surface area contributed by atoms with Crippen molar-refractivity contribution in [3.63, 3.8) is 0 Å². The van der Waals surface area contributed by atoms with Crippen molar-refractivity contribution in [2.75, 3.05) is 46.8 Å². The molecule has 9 nitrogen and oxygen atoms in total. The number of benzene rings is 2. The average Bonchev–Trinajstić information content (AvgIpc) is 3.43. The number of nitrogens with two attached hydrogens (primary N) is 1. The molecule has 2 aromatic carbocycles. The highest BCUT2D eigenvalue weighted by Gasteiger charge is 2.32. The molecule has 10 heteroatoms. The second kappa shape index (κ2) is 14.3. The number of hydrogen-bond donors (Lipinski definition) is 1. The van der Waals surface area contributed by atoms with E-state index in [9.17, 15) is 8.42 Å². The third kappa shape index (κ3) is 7.29. The number of rotatable bonds is 13. The molecule has 0 saturated carbocycles. The Morgan fingerprint density at radius 2 is 1.46 bits per heavy atom.